The Labute approximate surface area is 221 Å². The molecule has 0 aliphatic heterocycles. The van der Waals surface area contributed by atoms with Crippen LogP contribution in [0.4, 0.5) is 0 Å². The summed E-state index contributed by atoms with van der Waals surface area (Å²) >= 11 is 0. The van der Waals surface area contributed by atoms with Gasteiger partial charge >= 0.3 is 17.9 Å². The van der Waals surface area contributed by atoms with Gasteiger partial charge in [0.2, 0.25) is 0 Å². The molecule has 0 N–H and O–H groups in total. The first-order valence-corrected chi connectivity index (χ1v) is 14.7. The van der Waals surface area contributed by atoms with Crippen molar-refractivity contribution in [3.63, 3.8) is 0 Å². The summed E-state index contributed by atoms with van der Waals surface area (Å²) in [7, 11) is 1.35. The van der Waals surface area contributed by atoms with Crippen molar-refractivity contribution in [1.82, 2.24) is 0 Å². The third kappa shape index (κ3) is 13.6. The minimum atomic E-state index is -0.897. The highest BCUT2D eigenvalue weighted by Crippen LogP contribution is 2.33. The van der Waals surface area contributed by atoms with Gasteiger partial charge in [0.05, 0.1) is 38.6 Å². The maximum atomic E-state index is 13.4. The summed E-state index contributed by atoms with van der Waals surface area (Å²) < 4.78 is 16.6. The van der Waals surface area contributed by atoms with E-state index in [4.69, 9.17) is 14.2 Å². The first kappa shape index (κ1) is 34.4. The SMILES string of the molecule is CCCCC(CC)COC(=O)CC(C(=O)OCC(CC)CCCC)C(C(=O)OC)C(CC)CCCC. The van der Waals surface area contributed by atoms with Crippen molar-refractivity contribution < 1.29 is 28.6 Å². The van der Waals surface area contributed by atoms with Gasteiger partial charge in [0.15, 0.2) is 0 Å². The van der Waals surface area contributed by atoms with Crippen LogP contribution in [0.25, 0.3) is 0 Å². The number of carbonyl (C=O) groups excluding carboxylic acids is 3. The molecule has 0 heterocycles. The number of ether oxygens (including phenoxy) is 3. The summed E-state index contributed by atoms with van der Waals surface area (Å²) in [5.41, 5.74) is 0. The maximum absolute atomic E-state index is 13.4. The molecule has 5 atom stereocenters. The van der Waals surface area contributed by atoms with Crippen molar-refractivity contribution in [2.45, 2.75) is 125 Å². The van der Waals surface area contributed by atoms with Gasteiger partial charge in [-0.3, -0.25) is 14.4 Å². The lowest BCUT2D eigenvalue weighted by molar-refractivity contribution is -0.166. The number of hydrogen-bond acceptors (Lipinski definition) is 6. The molecule has 36 heavy (non-hydrogen) atoms. The molecule has 0 saturated heterocycles. The molecule has 0 saturated carbocycles. The number of rotatable bonds is 22. The van der Waals surface area contributed by atoms with E-state index >= 15 is 0 Å². The minimum absolute atomic E-state index is 0.0576. The Balaban J connectivity index is 5.71. The van der Waals surface area contributed by atoms with E-state index in [1.807, 2.05) is 6.92 Å². The van der Waals surface area contributed by atoms with E-state index in [0.29, 0.717) is 19.1 Å². The molecule has 6 nitrogen and oxygen atoms in total. The molecular weight excluding hydrogens is 456 g/mol. The highest BCUT2D eigenvalue weighted by Gasteiger charge is 2.42. The molecule has 0 rings (SSSR count). The fourth-order valence-corrected chi connectivity index (χ4v) is 4.83. The van der Waals surface area contributed by atoms with Crippen LogP contribution >= 0.6 is 0 Å². The van der Waals surface area contributed by atoms with Crippen LogP contribution in [0.3, 0.4) is 0 Å². The van der Waals surface area contributed by atoms with E-state index in [1.165, 1.54) is 7.11 Å². The zero-order valence-electron chi connectivity index (χ0n) is 24.4. The second kappa shape index (κ2) is 21.5. The Morgan fingerprint density at radius 1 is 0.639 bits per heavy atom. The quantitative estimate of drug-likeness (QED) is 0.110. The second-order valence-corrected chi connectivity index (χ2v) is 10.3. The number of esters is 3. The molecule has 0 amide bonds. The van der Waals surface area contributed by atoms with E-state index in [-0.39, 0.29) is 18.3 Å². The lowest BCUT2D eigenvalue weighted by atomic mass is 9.76. The third-order valence-electron chi connectivity index (χ3n) is 7.58. The van der Waals surface area contributed by atoms with Gasteiger partial charge in [0, 0.05) is 0 Å². The fraction of sp³-hybridized carbons (Fsp3) is 0.900. The Bertz CT molecular complexity index is 590. The topological polar surface area (TPSA) is 78.9 Å². The van der Waals surface area contributed by atoms with Crippen molar-refractivity contribution in [3.8, 4) is 0 Å². The van der Waals surface area contributed by atoms with Gasteiger partial charge in [-0.25, -0.2) is 0 Å². The Kier molecular flexibility index (Phi) is 20.5. The molecule has 0 aromatic carbocycles. The lowest BCUT2D eigenvalue weighted by Crippen LogP contribution is -2.39. The molecule has 0 spiro atoms. The molecular formula is C30H56O6. The fourth-order valence-electron chi connectivity index (χ4n) is 4.83. The minimum Gasteiger partial charge on any atom is -0.469 e. The Hall–Kier alpha value is -1.59. The van der Waals surface area contributed by atoms with Crippen molar-refractivity contribution in [2.24, 2.45) is 29.6 Å². The molecule has 0 fully saturated rings. The van der Waals surface area contributed by atoms with E-state index in [1.54, 1.807) is 0 Å². The van der Waals surface area contributed by atoms with E-state index < -0.39 is 29.7 Å². The van der Waals surface area contributed by atoms with E-state index in [2.05, 4.69) is 34.6 Å². The summed E-state index contributed by atoms with van der Waals surface area (Å²) in [5, 5.41) is 0. The van der Waals surface area contributed by atoms with Gasteiger partial charge in [0.25, 0.3) is 0 Å². The first-order chi connectivity index (χ1) is 17.3. The van der Waals surface area contributed by atoms with Crippen molar-refractivity contribution in [3.05, 3.63) is 0 Å². The molecule has 0 aromatic heterocycles. The van der Waals surface area contributed by atoms with E-state index in [9.17, 15) is 14.4 Å². The van der Waals surface area contributed by atoms with Gasteiger partial charge in [-0.05, 0) is 37.0 Å². The van der Waals surface area contributed by atoms with Crippen LogP contribution < -0.4 is 0 Å². The van der Waals surface area contributed by atoms with Gasteiger partial charge in [0.1, 0.15) is 0 Å². The van der Waals surface area contributed by atoms with Crippen molar-refractivity contribution in [2.75, 3.05) is 20.3 Å². The molecule has 0 bridgehead atoms. The summed E-state index contributed by atoms with van der Waals surface area (Å²) in [6, 6.07) is 0. The summed E-state index contributed by atoms with van der Waals surface area (Å²) in [6.45, 7) is 13.3. The molecule has 0 radical (unpaired) electrons. The number of carbonyl (C=O) groups is 3. The first-order valence-electron chi connectivity index (χ1n) is 14.7. The third-order valence-corrected chi connectivity index (χ3v) is 7.58. The summed E-state index contributed by atoms with van der Waals surface area (Å²) in [4.78, 5) is 39.4. The van der Waals surface area contributed by atoms with Crippen LogP contribution in [0, 0.1) is 29.6 Å². The smallest absolute Gasteiger partial charge is 0.310 e. The van der Waals surface area contributed by atoms with Crippen LogP contribution in [0.2, 0.25) is 0 Å². The average Bonchev–Trinajstić information content (AvgIpc) is 2.89. The van der Waals surface area contributed by atoms with Crippen LogP contribution in [-0.2, 0) is 28.6 Å². The largest absolute Gasteiger partial charge is 0.469 e. The van der Waals surface area contributed by atoms with E-state index in [0.717, 1.165) is 77.0 Å². The van der Waals surface area contributed by atoms with Gasteiger partial charge in [-0.2, -0.15) is 0 Å². The molecule has 0 aromatic rings. The van der Waals surface area contributed by atoms with Crippen molar-refractivity contribution >= 4 is 17.9 Å². The van der Waals surface area contributed by atoms with Gasteiger partial charge < -0.3 is 14.2 Å². The highest BCUT2D eigenvalue weighted by atomic mass is 16.5. The van der Waals surface area contributed by atoms with Crippen LogP contribution in [-0.4, -0.2) is 38.2 Å². The van der Waals surface area contributed by atoms with Crippen molar-refractivity contribution in [1.29, 1.82) is 0 Å². The number of methoxy groups -OCH3 is 1. The predicted octanol–water partition coefficient (Wildman–Crippen LogP) is 7.52. The monoisotopic (exact) mass is 512 g/mol. The van der Waals surface area contributed by atoms with Gasteiger partial charge in [-0.15, -0.1) is 0 Å². The maximum Gasteiger partial charge on any atom is 0.310 e. The molecule has 5 unspecified atom stereocenters. The lowest BCUT2D eigenvalue weighted by Gasteiger charge is -2.30. The summed E-state index contributed by atoms with van der Waals surface area (Å²) in [5.74, 6) is -2.45. The standard InChI is InChI=1S/C30H56O6/c1-8-14-17-23(11-4)21-35-27(31)20-26(29(32)36-22-24(12-5)18-15-9-2)28(30(33)34-7)25(13-6)19-16-10-3/h23-26,28H,8-22H2,1-7H3. The Morgan fingerprint density at radius 3 is 1.58 bits per heavy atom. The van der Waals surface area contributed by atoms with Gasteiger partial charge in [-0.1, -0.05) is 99.3 Å². The predicted molar refractivity (Wildman–Crippen MR) is 145 cm³/mol. The zero-order valence-corrected chi connectivity index (χ0v) is 24.4. The zero-order chi connectivity index (χ0) is 27.3. The molecule has 6 heteroatoms. The van der Waals surface area contributed by atoms with Crippen LogP contribution in [0.15, 0.2) is 0 Å². The molecule has 0 aliphatic carbocycles. The molecule has 212 valence electrons. The molecule has 0 aliphatic rings. The highest BCUT2D eigenvalue weighted by molar-refractivity contribution is 5.86. The number of hydrogen-bond donors (Lipinski definition) is 0. The normalized spacial score (nSPS) is 15.4. The summed E-state index contributed by atoms with van der Waals surface area (Å²) in [6.07, 6.45) is 11.6. The van der Waals surface area contributed by atoms with Crippen LogP contribution in [0.1, 0.15) is 125 Å². The van der Waals surface area contributed by atoms with Crippen LogP contribution in [0.5, 0.6) is 0 Å². The Morgan fingerprint density at radius 2 is 1.14 bits per heavy atom. The average molecular weight is 513 g/mol. The second-order valence-electron chi connectivity index (χ2n) is 10.3. The number of unbranched alkanes of at least 4 members (excludes halogenated alkanes) is 3.